The van der Waals surface area contributed by atoms with Crippen LogP contribution < -0.4 is 5.73 Å². The van der Waals surface area contributed by atoms with E-state index in [1.807, 2.05) is 12.1 Å². The lowest BCUT2D eigenvalue weighted by Gasteiger charge is -2.04. The van der Waals surface area contributed by atoms with Gasteiger partial charge in [-0.3, -0.25) is 0 Å². The van der Waals surface area contributed by atoms with Gasteiger partial charge >= 0.3 is 0 Å². The number of benzene rings is 1. The molecule has 0 unspecified atom stereocenters. The number of hydrogen-bond acceptors (Lipinski definition) is 3. The first kappa shape index (κ1) is 13.1. The molecule has 2 nitrogen and oxygen atoms in total. The van der Waals surface area contributed by atoms with Crippen LogP contribution in [0.15, 0.2) is 18.2 Å². The van der Waals surface area contributed by atoms with Gasteiger partial charge in [0.15, 0.2) is 5.13 Å². The van der Waals surface area contributed by atoms with Gasteiger partial charge < -0.3 is 5.73 Å². The van der Waals surface area contributed by atoms with Crippen molar-refractivity contribution in [2.24, 2.45) is 0 Å². The summed E-state index contributed by atoms with van der Waals surface area (Å²) in [5.74, 6) is 0. The lowest BCUT2D eigenvalue weighted by Crippen LogP contribution is -1.93. The molecule has 0 aliphatic heterocycles. The Bertz CT molecular complexity index is 539. The van der Waals surface area contributed by atoms with Crippen molar-refractivity contribution < 1.29 is 0 Å². The summed E-state index contributed by atoms with van der Waals surface area (Å²) in [6.07, 6.45) is 1.81. The minimum atomic E-state index is 0.654. The largest absolute Gasteiger partial charge is 0.375 e. The number of nitrogens with two attached hydrogens (primary N) is 1. The van der Waals surface area contributed by atoms with Gasteiger partial charge in [-0.25, -0.2) is 4.98 Å². The maximum atomic E-state index is 5.95. The predicted molar refractivity (Wildman–Crippen MR) is 82.9 cm³/mol. The molecule has 0 saturated carbocycles. The first-order chi connectivity index (χ1) is 8.10. The summed E-state index contributed by atoms with van der Waals surface area (Å²) in [7, 11) is 0. The molecule has 2 aromatic rings. The fourth-order valence-electron chi connectivity index (χ4n) is 1.66. The quantitative estimate of drug-likeness (QED) is 0.815. The molecule has 2 N–H and O–H groups in total. The van der Waals surface area contributed by atoms with Gasteiger partial charge in [0.2, 0.25) is 0 Å². The highest BCUT2D eigenvalue weighted by Crippen LogP contribution is 2.27. The molecule has 0 atom stereocenters. The standard InChI is InChI=1S/C12H12ClIN2S/c1-2-10-11(17-12(15)16-10)5-7-3-4-8(13)6-9(7)14/h3-4,6H,2,5H2,1H3,(H2,15,16). The highest BCUT2D eigenvalue weighted by atomic mass is 127. The molecule has 90 valence electrons. The molecule has 0 spiro atoms. The summed E-state index contributed by atoms with van der Waals surface area (Å²) in [6.45, 7) is 2.10. The third kappa shape index (κ3) is 3.11. The number of aryl methyl sites for hydroxylation is 1. The first-order valence-corrected chi connectivity index (χ1v) is 7.55. The minimum Gasteiger partial charge on any atom is -0.375 e. The van der Waals surface area contributed by atoms with Crippen LogP contribution in [0.3, 0.4) is 0 Å². The molecule has 1 heterocycles. The second-order valence-electron chi connectivity index (χ2n) is 3.69. The average molecular weight is 379 g/mol. The molecule has 0 fully saturated rings. The lowest BCUT2D eigenvalue weighted by molar-refractivity contribution is 1.02. The number of anilines is 1. The number of hydrogen-bond donors (Lipinski definition) is 1. The lowest BCUT2D eigenvalue weighted by atomic mass is 10.1. The van der Waals surface area contributed by atoms with Crippen molar-refractivity contribution in [3.05, 3.63) is 42.9 Å². The molecule has 5 heteroatoms. The van der Waals surface area contributed by atoms with E-state index in [1.165, 1.54) is 14.0 Å². The molecular weight excluding hydrogens is 367 g/mol. The van der Waals surface area contributed by atoms with E-state index in [9.17, 15) is 0 Å². The molecule has 0 aliphatic carbocycles. The second-order valence-corrected chi connectivity index (χ2v) is 6.40. The number of thiazole rings is 1. The highest BCUT2D eigenvalue weighted by molar-refractivity contribution is 14.1. The Morgan fingerprint density at radius 2 is 2.24 bits per heavy atom. The Balaban J connectivity index is 2.30. The van der Waals surface area contributed by atoms with Gasteiger partial charge in [0.1, 0.15) is 0 Å². The molecule has 0 aliphatic rings. The van der Waals surface area contributed by atoms with Gasteiger partial charge in [-0.2, -0.15) is 0 Å². The van der Waals surface area contributed by atoms with E-state index in [1.54, 1.807) is 11.3 Å². The van der Waals surface area contributed by atoms with Crippen LogP contribution >= 0.6 is 45.5 Å². The molecule has 1 aromatic carbocycles. The van der Waals surface area contributed by atoms with Crippen molar-refractivity contribution in [1.29, 1.82) is 0 Å². The van der Waals surface area contributed by atoms with E-state index < -0.39 is 0 Å². The third-order valence-corrected chi connectivity index (χ3v) is 4.66. The van der Waals surface area contributed by atoms with Crippen LogP contribution in [-0.4, -0.2) is 4.98 Å². The van der Waals surface area contributed by atoms with Gasteiger partial charge in [0.05, 0.1) is 5.69 Å². The molecule has 2 rings (SSSR count). The Hall–Kier alpha value is -0.330. The number of nitrogen functional groups attached to an aromatic ring is 1. The Labute approximate surface area is 123 Å². The predicted octanol–water partition coefficient (Wildman–Crippen LogP) is 4.14. The smallest absolute Gasteiger partial charge is 0.180 e. The van der Waals surface area contributed by atoms with Crippen LogP contribution in [0.25, 0.3) is 0 Å². The fraction of sp³-hybridized carbons (Fsp3) is 0.250. The van der Waals surface area contributed by atoms with Crippen molar-refractivity contribution >= 4 is 50.7 Å². The zero-order valence-electron chi connectivity index (χ0n) is 9.34. The topological polar surface area (TPSA) is 38.9 Å². The van der Waals surface area contributed by atoms with Crippen molar-refractivity contribution in [1.82, 2.24) is 4.98 Å². The van der Waals surface area contributed by atoms with Crippen molar-refractivity contribution in [2.45, 2.75) is 19.8 Å². The van der Waals surface area contributed by atoms with E-state index in [-0.39, 0.29) is 0 Å². The number of nitrogens with zero attached hydrogens (tertiary/aromatic N) is 1. The van der Waals surface area contributed by atoms with Gasteiger partial charge in [-0.1, -0.05) is 24.6 Å². The van der Waals surface area contributed by atoms with Gasteiger partial charge in [0, 0.05) is 19.9 Å². The van der Waals surface area contributed by atoms with Crippen molar-refractivity contribution in [3.63, 3.8) is 0 Å². The first-order valence-electron chi connectivity index (χ1n) is 5.28. The monoisotopic (exact) mass is 378 g/mol. The molecule has 0 saturated heterocycles. The number of rotatable bonds is 3. The molecule has 0 amide bonds. The highest BCUT2D eigenvalue weighted by Gasteiger charge is 2.10. The summed E-state index contributed by atoms with van der Waals surface area (Å²) in [5.41, 5.74) is 8.14. The normalized spacial score (nSPS) is 10.8. The summed E-state index contributed by atoms with van der Waals surface area (Å²) < 4.78 is 1.18. The maximum absolute atomic E-state index is 5.95. The maximum Gasteiger partial charge on any atom is 0.180 e. The van der Waals surface area contributed by atoms with Crippen LogP contribution in [0.2, 0.25) is 5.02 Å². The Kier molecular flexibility index (Phi) is 4.27. The van der Waals surface area contributed by atoms with Crippen LogP contribution in [0.5, 0.6) is 0 Å². The fourth-order valence-corrected chi connectivity index (χ4v) is 3.66. The zero-order valence-corrected chi connectivity index (χ0v) is 13.1. The van der Waals surface area contributed by atoms with E-state index in [0.717, 1.165) is 23.6 Å². The SMILES string of the molecule is CCc1nc(N)sc1Cc1ccc(Cl)cc1I. The summed E-state index contributed by atoms with van der Waals surface area (Å²) in [6, 6.07) is 5.97. The van der Waals surface area contributed by atoms with E-state index >= 15 is 0 Å². The summed E-state index contributed by atoms with van der Waals surface area (Å²) >= 11 is 9.84. The van der Waals surface area contributed by atoms with Crippen LogP contribution in [0.4, 0.5) is 5.13 Å². The summed E-state index contributed by atoms with van der Waals surface area (Å²) in [5, 5.41) is 1.43. The van der Waals surface area contributed by atoms with Crippen LogP contribution in [0, 0.1) is 3.57 Å². The number of aromatic nitrogens is 1. The Morgan fingerprint density at radius 3 is 2.88 bits per heavy atom. The van der Waals surface area contributed by atoms with Crippen LogP contribution in [0.1, 0.15) is 23.1 Å². The molecular formula is C12H12ClIN2S. The van der Waals surface area contributed by atoms with Gasteiger partial charge in [-0.05, 0) is 46.7 Å². The molecule has 0 bridgehead atoms. The average Bonchev–Trinajstić information content (AvgIpc) is 2.63. The molecule has 17 heavy (non-hydrogen) atoms. The Morgan fingerprint density at radius 1 is 1.47 bits per heavy atom. The van der Waals surface area contributed by atoms with E-state index in [2.05, 4.69) is 40.6 Å². The number of halogens is 2. The molecule has 0 radical (unpaired) electrons. The van der Waals surface area contributed by atoms with Crippen molar-refractivity contribution in [3.8, 4) is 0 Å². The van der Waals surface area contributed by atoms with E-state index in [4.69, 9.17) is 17.3 Å². The van der Waals surface area contributed by atoms with Crippen molar-refractivity contribution in [2.75, 3.05) is 5.73 Å². The third-order valence-electron chi connectivity index (χ3n) is 2.50. The zero-order chi connectivity index (χ0) is 12.4. The van der Waals surface area contributed by atoms with Crippen LogP contribution in [-0.2, 0) is 12.8 Å². The second kappa shape index (κ2) is 5.54. The minimum absolute atomic E-state index is 0.654. The van der Waals surface area contributed by atoms with E-state index in [0.29, 0.717) is 5.13 Å². The molecule has 1 aromatic heterocycles. The summed E-state index contributed by atoms with van der Waals surface area (Å²) in [4.78, 5) is 5.60. The van der Waals surface area contributed by atoms with Gasteiger partial charge in [0.25, 0.3) is 0 Å². The van der Waals surface area contributed by atoms with Gasteiger partial charge in [-0.15, -0.1) is 11.3 Å².